The van der Waals surface area contributed by atoms with E-state index in [9.17, 15) is 9.18 Å². The van der Waals surface area contributed by atoms with Gasteiger partial charge in [-0.25, -0.2) is 9.18 Å². The molecule has 1 atom stereocenters. The second-order valence-electron chi connectivity index (χ2n) is 8.74. The van der Waals surface area contributed by atoms with Crippen molar-refractivity contribution in [2.45, 2.75) is 33.3 Å². The Morgan fingerprint density at radius 3 is 2.40 bits per heavy atom. The summed E-state index contributed by atoms with van der Waals surface area (Å²) < 4.78 is 27.0. The number of hydrogen-bond acceptors (Lipinski definition) is 3. The molecule has 0 aliphatic heterocycles. The van der Waals surface area contributed by atoms with Crippen molar-refractivity contribution in [1.29, 1.82) is 0 Å². The summed E-state index contributed by atoms with van der Waals surface area (Å²) in [5, 5.41) is 3.52. The predicted molar refractivity (Wildman–Crippen MR) is 149 cm³/mol. The highest BCUT2D eigenvalue weighted by molar-refractivity contribution is 14.1. The first-order valence-corrected chi connectivity index (χ1v) is 13.4. The van der Waals surface area contributed by atoms with E-state index in [4.69, 9.17) is 9.47 Å². The third-order valence-corrected chi connectivity index (χ3v) is 8.00. The van der Waals surface area contributed by atoms with E-state index in [0.29, 0.717) is 11.3 Å². The lowest BCUT2D eigenvalue weighted by atomic mass is 10.1. The van der Waals surface area contributed by atoms with E-state index in [1.54, 1.807) is 26.0 Å². The van der Waals surface area contributed by atoms with Crippen LogP contribution in [0, 0.1) is 35.1 Å². The highest BCUT2D eigenvalue weighted by Crippen LogP contribution is 2.42. The molecule has 3 nitrogen and oxygen atoms in total. The average Bonchev–Trinajstić information content (AvgIpc) is 3.21. The molecule has 0 amide bonds. The first kappa shape index (κ1) is 25.2. The number of carbonyl (C=O) groups is 1. The Kier molecular flexibility index (Phi) is 7.48. The normalized spacial score (nSPS) is 11.7. The first-order chi connectivity index (χ1) is 16.6. The Morgan fingerprint density at radius 1 is 1.03 bits per heavy atom. The smallest absolute Gasteiger partial charge is 0.345 e. The number of aryl methyl sites for hydroxylation is 2. The lowest BCUT2D eigenvalue weighted by Gasteiger charge is -2.19. The minimum atomic E-state index is -1.01. The number of ether oxygens (including phenoxy) is 2. The number of benzene rings is 3. The SMILES string of the molecule is Cc1cc(-[s+]2ccc3cc(I)ccc32)cc(C)c1OCC(=O)OC(C)(C)C#Cc1ccc(F)cc1. The Morgan fingerprint density at radius 2 is 1.71 bits per heavy atom. The summed E-state index contributed by atoms with van der Waals surface area (Å²) in [5.41, 5.74) is 1.59. The van der Waals surface area contributed by atoms with E-state index in [1.165, 1.54) is 30.7 Å². The zero-order valence-electron chi connectivity index (χ0n) is 19.9. The number of rotatable bonds is 5. The van der Waals surface area contributed by atoms with Crippen LogP contribution < -0.4 is 4.74 Å². The molecule has 0 N–H and O–H groups in total. The third-order valence-electron chi connectivity index (χ3n) is 5.34. The van der Waals surface area contributed by atoms with Crippen LogP contribution in [0.1, 0.15) is 30.5 Å². The maximum Gasteiger partial charge on any atom is 0.345 e. The van der Waals surface area contributed by atoms with Gasteiger partial charge in [0.15, 0.2) is 21.8 Å². The van der Waals surface area contributed by atoms with Gasteiger partial charge in [-0.3, -0.25) is 0 Å². The molecule has 3 aromatic carbocycles. The molecular formula is C29H25FIO3S+. The van der Waals surface area contributed by atoms with Crippen molar-refractivity contribution in [3.63, 3.8) is 0 Å². The fraction of sp³-hybridized carbons (Fsp3) is 0.207. The summed E-state index contributed by atoms with van der Waals surface area (Å²) in [7, 11) is -0.116. The van der Waals surface area contributed by atoms with E-state index in [-0.39, 0.29) is 22.9 Å². The van der Waals surface area contributed by atoms with Gasteiger partial charge in [0, 0.05) is 43.2 Å². The summed E-state index contributed by atoms with van der Waals surface area (Å²) in [4.78, 5) is 13.7. The molecule has 0 radical (unpaired) electrons. The van der Waals surface area contributed by atoms with Crippen molar-refractivity contribution in [2.24, 2.45) is 0 Å². The van der Waals surface area contributed by atoms with Crippen molar-refractivity contribution >= 4 is 49.1 Å². The maximum atomic E-state index is 13.1. The highest BCUT2D eigenvalue weighted by atomic mass is 127. The molecule has 0 saturated carbocycles. The molecule has 4 aromatic rings. The van der Waals surface area contributed by atoms with Gasteiger partial charge >= 0.3 is 5.97 Å². The van der Waals surface area contributed by atoms with Gasteiger partial charge < -0.3 is 9.47 Å². The van der Waals surface area contributed by atoms with Crippen LogP contribution in [0.4, 0.5) is 4.39 Å². The maximum absolute atomic E-state index is 13.1. The topological polar surface area (TPSA) is 35.5 Å². The van der Waals surface area contributed by atoms with Gasteiger partial charge in [-0.1, -0.05) is 11.8 Å². The Labute approximate surface area is 221 Å². The first-order valence-electron chi connectivity index (χ1n) is 11.1. The van der Waals surface area contributed by atoms with E-state index < -0.39 is 11.6 Å². The van der Waals surface area contributed by atoms with E-state index >= 15 is 0 Å². The van der Waals surface area contributed by atoms with Gasteiger partial charge in [-0.05, 0) is 104 Å². The number of carbonyl (C=O) groups excluding carboxylic acids is 1. The monoisotopic (exact) mass is 599 g/mol. The fourth-order valence-electron chi connectivity index (χ4n) is 3.76. The van der Waals surface area contributed by atoms with Gasteiger partial charge in [0.05, 0.1) is 0 Å². The Hall–Kier alpha value is -2.89. The molecule has 6 heteroatoms. The van der Waals surface area contributed by atoms with Crippen LogP contribution in [-0.2, 0) is 9.53 Å². The van der Waals surface area contributed by atoms with E-state index in [1.807, 2.05) is 13.8 Å². The van der Waals surface area contributed by atoms with Gasteiger partial charge in [0.25, 0.3) is 0 Å². The number of halogens is 2. The summed E-state index contributed by atoms with van der Waals surface area (Å²) in [6.45, 7) is 7.19. The predicted octanol–water partition coefficient (Wildman–Crippen LogP) is 7.69. The third kappa shape index (κ3) is 6.22. The molecule has 0 fully saturated rings. The van der Waals surface area contributed by atoms with Crippen LogP contribution in [0.2, 0.25) is 0 Å². The zero-order valence-corrected chi connectivity index (χ0v) is 22.9. The Bertz CT molecular complexity index is 1440. The minimum absolute atomic E-state index is 0.116. The number of esters is 1. The second-order valence-corrected chi connectivity index (χ2v) is 11.8. The van der Waals surface area contributed by atoms with Crippen LogP contribution in [0.5, 0.6) is 5.75 Å². The van der Waals surface area contributed by atoms with Gasteiger partial charge in [-0.15, -0.1) is 0 Å². The molecule has 0 spiro atoms. The largest absolute Gasteiger partial charge is 0.481 e. The minimum Gasteiger partial charge on any atom is -0.481 e. The van der Waals surface area contributed by atoms with E-state index in [0.717, 1.165) is 11.1 Å². The number of fused-ring (bicyclic) bond motifs is 1. The molecule has 0 bridgehead atoms. The standard InChI is InChI=1S/C29H25FIO3S/c1-19-15-25(35-14-12-22-17-24(31)9-10-26(22)35)16-20(2)28(19)33-18-27(32)34-29(3,4)13-11-21-5-7-23(30)8-6-21/h5-10,12,14-17H,18H2,1-4H3/q+1. The molecule has 1 heterocycles. The molecule has 0 aliphatic carbocycles. The van der Waals surface area contributed by atoms with Crippen molar-refractivity contribution in [2.75, 3.05) is 6.61 Å². The molecule has 4 rings (SSSR count). The quantitative estimate of drug-likeness (QED) is 0.102. The van der Waals surface area contributed by atoms with Crippen LogP contribution in [0.25, 0.3) is 15.0 Å². The van der Waals surface area contributed by atoms with Crippen LogP contribution >= 0.6 is 33.1 Å². The fourth-order valence-corrected chi connectivity index (χ4v) is 6.32. The molecule has 178 valence electrons. The average molecular weight is 599 g/mol. The van der Waals surface area contributed by atoms with Gasteiger partial charge in [-0.2, -0.15) is 0 Å². The molecule has 1 unspecified atom stereocenters. The van der Waals surface area contributed by atoms with Crippen molar-refractivity contribution < 1.29 is 18.7 Å². The molecule has 35 heavy (non-hydrogen) atoms. The van der Waals surface area contributed by atoms with Crippen molar-refractivity contribution in [1.82, 2.24) is 0 Å². The van der Waals surface area contributed by atoms with Crippen LogP contribution in [0.15, 0.2) is 66.0 Å². The lowest BCUT2D eigenvalue weighted by molar-refractivity contribution is -0.154. The van der Waals surface area contributed by atoms with Crippen molar-refractivity contribution in [3.05, 3.63) is 92.1 Å². The second kappa shape index (κ2) is 10.4. The molecule has 0 aliphatic rings. The lowest BCUT2D eigenvalue weighted by Crippen LogP contribution is -2.29. The highest BCUT2D eigenvalue weighted by Gasteiger charge is 2.22. The molecular weight excluding hydrogens is 574 g/mol. The summed E-state index contributed by atoms with van der Waals surface area (Å²) in [6.07, 6.45) is 0. The number of thiophene rings is 1. The summed E-state index contributed by atoms with van der Waals surface area (Å²) in [5.74, 6) is 5.70. The number of hydrogen-bond donors (Lipinski definition) is 0. The van der Waals surface area contributed by atoms with Gasteiger partial charge in [0.2, 0.25) is 0 Å². The Balaban J connectivity index is 1.44. The van der Waals surface area contributed by atoms with Crippen molar-refractivity contribution in [3.8, 4) is 22.5 Å². The molecule has 1 aromatic heterocycles. The zero-order chi connectivity index (χ0) is 25.2. The van der Waals surface area contributed by atoms with Crippen LogP contribution in [-0.4, -0.2) is 18.2 Å². The van der Waals surface area contributed by atoms with Gasteiger partial charge in [0.1, 0.15) is 16.9 Å². The van der Waals surface area contributed by atoms with Crippen LogP contribution in [0.3, 0.4) is 0 Å². The molecule has 0 saturated heterocycles. The summed E-state index contributed by atoms with van der Waals surface area (Å²) in [6, 6.07) is 18.8. The summed E-state index contributed by atoms with van der Waals surface area (Å²) >= 11 is 2.34. The van der Waals surface area contributed by atoms with E-state index in [2.05, 4.69) is 76.2 Å².